The Kier molecular flexibility index (Phi) is 5.30. The van der Waals surface area contributed by atoms with Crippen molar-refractivity contribution < 1.29 is 13.5 Å². The first kappa shape index (κ1) is 13.9. The maximum Gasteiger partial charge on any atom is 0.433 e. The summed E-state index contributed by atoms with van der Waals surface area (Å²) in [7, 11) is -0.813. The highest BCUT2D eigenvalue weighted by Crippen LogP contribution is 2.15. The first-order chi connectivity index (χ1) is 8.00. The van der Waals surface area contributed by atoms with Crippen molar-refractivity contribution in [2.75, 3.05) is 12.8 Å². The fraction of sp³-hybridized carbons (Fsp3) is 0.600. The van der Waals surface area contributed by atoms with Gasteiger partial charge in [0.25, 0.3) is 0 Å². The lowest BCUT2D eigenvalue weighted by Crippen LogP contribution is -2.20. The fourth-order valence-electron chi connectivity index (χ4n) is 1.24. The lowest BCUT2D eigenvalue weighted by atomic mass is 10.3. The lowest BCUT2D eigenvalue weighted by molar-refractivity contribution is -0.402. The van der Waals surface area contributed by atoms with E-state index >= 15 is 0 Å². The molecule has 0 radical (unpaired) electrons. The molecule has 0 fully saturated rings. The molecule has 0 bridgehead atoms. The summed E-state index contributed by atoms with van der Waals surface area (Å²) in [6, 6.07) is 2.91. The zero-order chi connectivity index (χ0) is 12.8. The molecule has 0 aliphatic carbocycles. The quantitative estimate of drug-likeness (QED) is 0.455. The molecule has 0 saturated carbocycles. The highest BCUT2D eigenvalue weighted by atomic mass is 32.2. The molecule has 96 valence electrons. The molecule has 1 heterocycles. The summed E-state index contributed by atoms with van der Waals surface area (Å²) >= 11 is 0. The molecule has 2 atom stereocenters. The molecular formula is C10H16N2O4S. The predicted molar refractivity (Wildman–Crippen MR) is 65.2 cm³/mol. The van der Waals surface area contributed by atoms with Crippen molar-refractivity contribution in [2.45, 2.75) is 25.1 Å². The Morgan fingerprint density at radius 3 is 2.82 bits per heavy atom. The van der Waals surface area contributed by atoms with Crippen LogP contribution < -0.4 is 5.32 Å². The van der Waals surface area contributed by atoms with Crippen LogP contribution in [0.1, 0.15) is 19.1 Å². The van der Waals surface area contributed by atoms with E-state index in [9.17, 15) is 14.3 Å². The first-order valence-electron chi connectivity index (χ1n) is 5.26. The standard InChI is InChI=1S/C10H16N2O4S/c1-8(17(2)15)5-6-11-7-9-3-4-10(16-9)12(13)14/h3-4,8,11H,5-7H2,1-2H3. The maximum atomic E-state index is 11.1. The highest BCUT2D eigenvalue weighted by molar-refractivity contribution is 7.84. The topological polar surface area (TPSA) is 85.4 Å². The molecule has 0 spiro atoms. The molecular weight excluding hydrogens is 244 g/mol. The van der Waals surface area contributed by atoms with Gasteiger partial charge in [-0.25, -0.2) is 0 Å². The van der Waals surface area contributed by atoms with Crippen LogP contribution in [0.4, 0.5) is 5.88 Å². The van der Waals surface area contributed by atoms with Gasteiger partial charge in [-0.05, 0) is 19.0 Å². The van der Waals surface area contributed by atoms with Crippen molar-refractivity contribution in [3.05, 3.63) is 28.0 Å². The Balaban J connectivity index is 2.26. The number of hydrogen-bond acceptors (Lipinski definition) is 5. The smallest absolute Gasteiger partial charge is 0.404 e. The van der Waals surface area contributed by atoms with E-state index in [1.54, 1.807) is 12.3 Å². The van der Waals surface area contributed by atoms with Crippen molar-refractivity contribution in [1.82, 2.24) is 5.32 Å². The Morgan fingerprint density at radius 2 is 2.29 bits per heavy atom. The number of nitrogens with one attached hydrogen (secondary N) is 1. The van der Waals surface area contributed by atoms with E-state index in [4.69, 9.17) is 4.42 Å². The van der Waals surface area contributed by atoms with Gasteiger partial charge in [-0.3, -0.25) is 14.3 Å². The number of furan rings is 1. The Labute approximate surface area is 102 Å². The minimum atomic E-state index is -0.813. The summed E-state index contributed by atoms with van der Waals surface area (Å²) in [5.41, 5.74) is 0. The van der Waals surface area contributed by atoms with Crippen LogP contribution in [0, 0.1) is 10.1 Å². The molecule has 2 unspecified atom stereocenters. The summed E-state index contributed by atoms with van der Waals surface area (Å²) in [4.78, 5) is 9.80. The van der Waals surface area contributed by atoms with Gasteiger partial charge in [0.05, 0.1) is 12.6 Å². The lowest BCUT2D eigenvalue weighted by Gasteiger charge is -2.07. The number of nitro groups is 1. The van der Waals surface area contributed by atoms with Crippen LogP contribution in [-0.4, -0.2) is 27.2 Å². The van der Waals surface area contributed by atoms with Crippen molar-refractivity contribution in [3.63, 3.8) is 0 Å². The van der Waals surface area contributed by atoms with Crippen molar-refractivity contribution in [2.24, 2.45) is 0 Å². The van der Waals surface area contributed by atoms with Crippen LogP contribution >= 0.6 is 0 Å². The van der Waals surface area contributed by atoms with E-state index < -0.39 is 15.7 Å². The largest absolute Gasteiger partial charge is 0.433 e. The summed E-state index contributed by atoms with van der Waals surface area (Å²) in [6.07, 6.45) is 2.48. The summed E-state index contributed by atoms with van der Waals surface area (Å²) in [5.74, 6) is 0.284. The van der Waals surface area contributed by atoms with Crippen LogP contribution in [0.15, 0.2) is 16.5 Å². The summed E-state index contributed by atoms with van der Waals surface area (Å²) < 4.78 is 16.1. The number of rotatable bonds is 7. The highest BCUT2D eigenvalue weighted by Gasteiger charge is 2.11. The molecule has 1 rings (SSSR count). The van der Waals surface area contributed by atoms with E-state index in [1.807, 2.05) is 6.92 Å². The molecule has 17 heavy (non-hydrogen) atoms. The van der Waals surface area contributed by atoms with Crippen molar-refractivity contribution in [3.8, 4) is 0 Å². The monoisotopic (exact) mass is 260 g/mol. The van der Waals surface area contributed by atoms with Crippen molar-refractivity contribution in [1.29, 1.82) is 0 Å². The molecule has 7 heteroatoms. The predicted octanol–water partition coefficient (Wildman–Crippen LogP) is 1.43. The normalized spacial score (nSPS) is 14.5. The minimum Gasteiger partial charge on any atom is -0.404 e. The van der Waals surface area contributed by atoms with Gasteiger partial charge in [-0.15, -0.1) is 0 Å². The summed E-state index contributed by atoms with van der Waals surface area (Å²) in [5, 5.41) is 13.6. The molecule has 0 aliphatic heterocycles. The van der Waals surface area contributed by atoms with E-state index in [0.717, 1.165) is 6.42 Å². The van der Waals surface area contributed by atoms with Gasteiger partial charge in [0.2, 0.25) is 0 Å². The zero-order valence-corrected chi connectivity index (χ0v) is 10.7. The Bertz CT molecular complexity index is 405. The molecule has 1 aromatic rings. The van der Waals surface area contributed by atoms with E-state index in [-0.39, 0.29) is 11.1 Å². The fourth-order valence-corrected chi connectivity index (χ4v) is 1.69. The second kappa shape index (κ2) is 6.51. The minimum absolute atomic E-state index is 0.147. The molecule has 0 amide bonds. The third kappa shape index (κ3) is 4.66. The molecule has 0 aromatic carbocycles. The van der Waals surface area contributed by atoms with Gasteiger partial charge < -0.3 is 9.73 Å². The SMILES string of the molecule is CC(CCNCc1ccc([N+](=O)[O-])o1)S(C)=O. The number of hydrogen-bond donors (Lipinski definition) is 1. The second-order valence-corrected chi connectivity index (χ2v) is 5.57. The van der Waals surface area contributed by atoms with Crippen LogP contribution in [-0.2, 0) is 17.3 Å². The van der Waals surface area contributed by atoms with Gasteiger partial charge in [-0.1, -0.05) is 6.92 Å². The maximum absolute atomic E-state index is 11.1. The molecule has 0 aliphatic rings. The van der Waals surface area contributed by atoms with Gasteiger partial charge in [-0.2, -0.15) is 0 Å². The van der Waals surface area contributed by atoms with E-state index in [2.05, 4.69) is 5.32 Å². The van der Waals surface area contributed by atoms with Gasteiger partial charge in [0, 0.05) is 22.3 Å². The molecule has 1 aromatic heterocycles. The molecule has 6 nitrogen and oxygen atoms in total. The van der Waals surface area contributed by atoms with E-state index in [1.165, 1.54) is 6.07 Å². The van der Waals surface area contributed by atoms with Crippen LogP contribution in [0.25, 0.3) is 0 Å². The Morgan fingerprint density at radius 1 is 1.59 bits per heavy atom. The van der Waals surface area contributed by atoms with Crippen molar-refractivity contribution >= 4 is 16.7 Å². The number of nitrogens with zero attached hydrogens (tertiary/aromatic N) is 1. The average Bonchev–Trinajstić information content (AvgIpc) is 2.72. The van der Waals surface area contributed by atoms with Gasteiger partial charge in [0.15, 0.2) is 0 Å². The third-order valence-electron chi connectivity index (χ3n) is 2.42. The van der Waals surface area contributed by atoms with Crippen LogP contribution in [0.2, 0.25) is 0 Å². The van der Waals surface area contributed by atoms with Crippen LogP contribution in [0.5, 0.6) is 0 Å². The molecule has 1 N–H and O–H groups in total. The van der Waals surface area contributed by atoms with Gasteiger partial charge >= 0.3 is 5.88 Å². The molecule has 0 saturated heterocycles. The zero-order valence-electron chi connectivity index (χ0n) is 9.84. The van der Waals surface area contributed by atoms with E-state index in [0.29, 0.717) is 18.8 Å². The first-order valence-corrected chi connectivity index (χ1v) is 6.89. The summed E-state index contributed by atoms with van der Waals surface area (Å²) in [6.45, 7) is 3.07. The van der Waals surface area contributed by atoms with Crippen LogP contribution in [0.3, 0.4) is 0 Å². The second-order valence-electron chi connectivity index (χ2n) is 3.77. The average molecular weight is 260 g/mol. The Hall–Kier alpha value is -1.21. The third-order valence-corrected chi connectivity index (χ3v) is 3.79. The van der Waals surface area contributed by atoms with Gasteiger partial charge in [0.1, 0.15) is 10.7 Å².